The Kier molecular flexibility index (Phi) is 10.2. The van der Waals surface area contributed by atoms with Gasteiger partial charge in [-0.15, -0.1) is 11.3 Å². The van der Waals surface area contributed by atoms with Crippen LogP contribution in [0.4, 0.5) is 0 Å². The Bertz CT molecular complexity index is 2210. The lowest BCUT2D eigenvalue weighted by atomic mass is 9.95. The fraction of sp³-hybridized carbons (Fsp3) is 0.176. The van der Waals surface area contributed by atoms with Crippen molar-refractivity contribution in [2.24, 2.45) is 4.99 Å². The summed E-state index contributed by atoms with van der Waals surface area (Å²) in [6.07, 6.45) is 3.70. The Labute approximate surface area is 282 Å². The smallest absolute Gasteiger partial charge is 0.338 e. The first-order valence-electron chi connectivity index (χ1n) is 14.4. The summed E-state index contributed by atoms with van der Waals surface area (Å²) in [5.74, 6) is -1.47. The quantitative estimate of drug-likeness (QED) is 0.195. The van der Waals surface area contributed by atoms with Gasteiger partial charge >= 0.3 is 11.9 Å². The van der Waals surface area contributed by atoms with Crippen LogP contribution >= 0.6 is 22.7 Å². The first-order valence-corrected chi connectivity index (χ1v) is 16.1. The van der Waals surface area contributed by atoms with Crippen LogP contribution in [-0.2, 0) is 19.1 Å². The van der Waals surface area contributed by atoms with E-state index in [1.165, 1.54) is 37.0 Å². The minimum Gasteiger partial charge on any atom is -0.493 e. The van der Waals surface area contributed by atoms with Gasteiger partial charge in [-0.25, -0.2) is 14.5 Å². The number of allylic oxidation sites excluding steroid dienone is 1. The summed E-state index contributed by atoms with van der Waals surface area (Å²) < 4.78 is 19.6. The molecule has 0 aliphatic carbocycles. The summed E-state index contributed by atoms with van der Waals surface area (Å²) in [6.45, 7) is 4.08. The van der Waals surface area contributed by atoms with Crippen LogP contribution in [0.5, 0.6) is 11.5 Å². The van der Waals surface area contributed by atoms with Crippen molar-refractivity contribution in [1.29, 1.82) is 0 Å². The fourth-order valence-corrected chi connectivity index (χ4v) is 6.82. The standard InChI is InChI=1S/C32H26N4O6S2.C2H4O2/c1-18-27(31(39)41-4)29(20-12-13-23(42-19(2)37)24(15-20)40-3)36-30(38)26(44-32(36)33-18)16-21-17-35(22-9-6-5-7-10-22)34-28(21)25-11-8-14-43-25;1-2(3)4/h5-17,29H,1-4H3;1H3,(H,3,4)/b26-16-;. The van der Waals surface area contributed by atoms with Gasteiger partial charge in [-0.3, -0.25) is 19.0 Å². The lowest BCUT2D eigenvalue weighted by Crippen LogP contribution is -2.39. The Hall–Kier alpha value is -5.60. The molecule has 1 atom stereocenters. The van der Waals surface area contributed by atoms with Crippen LogP contribution in [-0.4, -0.2) is 51.6 Å². The zero-order chi connectivity index (χ0) is 34.5. The van der Waals surface area contributed by atoms with E-state index in [-0.39, 0.29) is 22.6 Å². The number of carboxylic acid groups (broad SMARTS) is 1. The van der Waals surface area contributed by atoms with E-state index in [0.717, 1.165) is 28.7 Å². The molecular weight excluding hydrogens is 657 g/mol. The van der Waals surface area contributed by atoms with Crippen LogP contribution < -0.4 is 24.4 Å². The third-order valence-electron chi connectivity index (χ3n) is 6.99. The third-order valence-corrected chi connectivity index (χ3v) is 8.85. The molecule has 12 nitrogen and oxygen atoms in total. The maximum Gasteiger partial charge on any atom is 0.338 e. The zero-order valence-corrected chi connectivity index (χ0v) is 28.1. The number of carbonyl (C=O) groups is 3. The van der Waals surface area contributed by atoms with Crippen molar-refractivity contribution in [3.8, 4) is 27.8 Å². The highest BCUT2D eigenvalue weighted by molar-refractivity contribution is 7.13. The predicted molar refractivity (Wildman–Crippen MR) is 180 cm³/mol. The molecule has 246 valence electrons. The van der Waals surface area contributed by atoms with Gasteiger partial charge in [-0.2, -0.15) is 5.10 Å². The van der Waals surface area contributed by atoms with E-state index in [9.17, 15) is 14.4 Å². The Morgan fingerprint density at radius 2 is 1.73 bits per heavy atom. The molecule has 1 unspecified atom stereocenters. The number of aliphatic carboxylic acids is 1. The largest absolute Gasteiger partial charge is 0.493 e. The minimum atomic E-state index is -0.870. The van der Waals surface area contributed by atoms with Crippen LogP contribution in [0.1, 0.15) is 37.9 Å². The van der Waals surface area contributed by atoms with Gasteiger partial charge in [0.1, 0.15) is 5.69 Å². The van der Waals surface area contributed by atoms with Crippen LogP contribution in [0.3, 0.4) is 0 Å². The van der Waals surface area contributed by atoms with Gasteiger partial charge in [-0.1, -0.05) is 41.7 Å². The maximum absolute atomic E-state index is 14.2. The molecule has 0 saturated carbocycles. The second kappa shape index (κ2) is 14.4. The molecule has 1 N–H and O–H groups in total. The van der Waals surface area contributed by atoms with Gasteiger partial charge in [0.2, 0.25) is 0 Å². The SMILES string of the molecule is CC(=O)O.COC(=O)C1=C(C)N=c2s/c(=C\c3cn(-c4ccccc4)nc3-c3cccs3)c(=O)n2C1c1ccc(OC(C)=O)c(OC)c1. The highest BCUT2D eigenvalue weighted by Crippen LogP contribution is 2.36. The number of hydrogen-bond acceptors (Lipinski definition) is 11. The van der Waals surface area contributed by atoms with E-state index in [1.807, 2.05) is 60.1 Å². The molecule has 0 amide bonds. The molecular formula is C34H30N4O8S2. The maximum atomic E-state index is 14.2. The number of rotatable bonds is 7. The minimum absolute atomic E-state index is 0.213. The van der Waals surface area contributed by atoms with Crippen LogP contribution in [0.15, 0.2) is 93.3 Å². The fourth-order valence-electron chi connectivity index (χ4n) is 5.05. The number of benzene rings is 2. The van der Waals surface area contributed by atoms with Crippen molar-refractivity contribution in [2.45, 2.75) is 26.8 Å². The predicted octanol–water partition coefficient (Wildman–Crippen LogP) is 4.35. The van der Waals surface area contributed by atoms with E-state index in [1.54, 1.807) is 41.1 Å². The molecule has 0 bridgehead atoms. The molecule has 14 heteroatoms. The first-order chi connectivity index (χ1) is 23.0. The molecule has 2 aromatic carbocycles. The molecule has 3 aromatic heterocycles. The van der Waals surface area contributed by atoms with Crippen LogP contribution in [0, 0.1) is 0 Å². The number of para-hydroxylation sites is 1. The zero-order valence-electron chi connectivity index (χ0n) is 26.5. The number of carbonyl (C=O) groups excluding carboxylic acids is 2. The van der Waals surface area contributed by atoms with E-state index < -0.39 is 23.9 Å². The molecule has 0 spiro atoms. The van der Waals surface area contributed by atoms with Crippen molar-refractivity contribution < 1.29 is 33.7 Å². The van der Waals surface area contributed by atoms with Gasteiger partial charge in [-0.05, 0) is 54.3 Å². The van der Waals surface area contributed by atoms with Crippen molar-refractivity contribution in [1.82, 2.24) is 14.3 Å². The lowest BCUT2D eigenvalue weighted by Gasteiger charge is -2.25. The summed E-state index contributed by atoms with van der Waals surface area (Å²) in [5.41, 5.74) is 3.24. The second-order valence-electron chi connectivity index (χ2n) is 10.3. The number of methoxy groups -OCH3 is 2. The average molecular weight is 687 g/mol. The van der Waals surface area contributed by atoms with Gasteiger partial charge in [0.25, 0.3) is 11.5 Å². The highest BCUT2D eigenvalue weighted by atomic mass is 32.1. The Morgan fingerprint density at radius 3 is 2.35 bits per heavy atom. The summed E-state index contributed by atoms with van der Waals surface area (Å²) in [4.78, 5) is 53.9. The van der Waals surface area contributed by atoms with Gasteiger partial charge in [0.15, 0.2) is 16.3 Å². The number of carboxylic acids is 1. The summed E-state index contributed by atoms with van der Waals surface area (Å²) in [5, 5.41) is 14.2. The number of hydrogen-bond donors (Lipinski definition) is 1. The van der Waals surface area contributed by atoms with Crippen molar-refractivity contribution in [2.75, 3.05) is 14.2 Å². The van der Waals surface area contributed by atoms with Gasteiger partial charge in [0.05, 0.1) is 46.6 Å². The van der Waals surface area contributed by atoms with Gasteiger partial charge < -0.3 is 19.3 Å². The molecule has 0 radical (unpaired) electrons. The lowest BCUT2D eigenvalue weighted by molar-refractivity contribution is -0.137. The van der Waals surface area contributed by atoms with E-state index in [0.29, 0.717) is 20.6 Å². The normalized spacial score (nSPS) is 13.9. The molecule has 6 rings (SSSR count). The van der Waals surface area contributed by atoms with E-state index >= 15 is 0 Å². The molecule has 5 aromatic rings. The monoisotopic (exact) mass is 686 g/mol. The number of nitrogens with zero attached hydrogens (tertiary/aromatic N) is 4. The molecule has 0 fully saturated rings. The highest BCUT2D eigenvalue weighted by Gasteiger charge is 2.34. The summed E-state index contributed by atoms with van der Waals surface area (Å²) >= 11 is 2.78. The average Bonchev–Trinajstić information content (AvgIpc) is 3.80. The molecule has 1 aliphatic heterocycles. The topological polar surface area (TPSA) is 151 Å². The molecule has 1 aliphatic rings. The van der Waals surface area contributed by atoms with E-state index in [2.05, 4.69) is 4.99 Å². The number of esters is 2. The number of ether oxygens (including phenoxy) is 3. The van der Waals surface area contributed by atoms with Crippen molar-refractivity contribution >= 4 is 46.7 Å². The number of aromatic nitrogens is 3. The Morgan fingerprint density at radius 1 is 1.00 bits per heavy atom. The number of thiazole rings is 1. The second-order valence-corrected chi connectivity index (χ2v) is 12.2. The van der Waals surface area contributed by atoms with Crippen LogP contribution in [0.25, 0.3) is 22.3 Å². The van der Waals surface area contributed by atoms with E-state index in [4.69, 9.17) is 29.2 Å². The number of thiophene rings is 1. The third kappa shape index (κ3) is 7.04. The molecule has 0 saturated heterocycles. The Balaban J connectivity index is 0.00000107. The van der Waals surface area contributed by atoms with Gasteiger partial charge in [0, 0.05) is 25.6 Å². The summed E-state index contributed by atoms with van der Waals surface area (Å²) in [6, 6.07) is 17.7. The molecule has 4 heterocycles. The van der Waals surface area contributed by atoms with Crippen molar-refractivity contribution in [3.05, 3.63) is 114 Å². The summed E-state index contributed by atoms with van der Waals surface area (Å²) in [7, 11) is 2.73. The van der Waals surface area contributed by atoms with Crippen molar-refractivity contribution in [3.63, 3.8) is 0 Å². The van der Waals surface area contributed by atoms with Crippen LogP contribution in [0.2, 0.25) is 0 Å². The first kappa shape index (κ1) is 33.8. The molecule has 48 heavy (non-hydrogen) atoms. The number of fused-ring (bicyclic) bond motifs is 1.